The van der Waals surface area contributed by atoms with Crippen LogP contribution in [0.2, 0.25) is 0 Å². The van der Waals surface area contributed by atoms with Crippen LogP contribution in [0.15, 0.2) is 34.2 Å². The van der Waals surface area contributed by atoms with Crippen LogP contribution < -0.4 is 0 Å². The second-order valence-corrected chi connectivity index (χ2v) is 7.98. The Labute approximate surface area is 153 Å². The Hall–Kier alpha value is -2.25. The normalized spacial score (nSPS) is 10.8. The summed E-state index contributed by atoms with van der Waals surface area (Å²) in [6, 6.07) is 7.48. The molecule has 0 unspecified atom stereocenters. The molecule has 25 heavy (non-hydrogen) atoms. The molecule has 7 heteroatoms. The van der Waals surface area contributed by atoms with Gasteiger partial charge in [-0.05, 0) is 31.4 Å². The molecule has 0 saturated heterocycles. The summed E-state index contributed by atoms with van der Waals surface area (Å²) in [5.74, 6) is 0.207. The number of aryl methyl sites for hydroxylation is 2. The Balaban J connectivity index is 1.47. The summed E-state index contributed by atoms with van der Waals surface area (Å²) >= 11 is 3.13. The van der Waals surface area contributed by atoms with E-state index < -0.39 is 5.97 Å². The summed E-state index contributed by atoms with van der Waals surface area (Å²) in [5.41, 5.74) is 1.25. The van der Waals surface area contributed by atoms with Crippen LogP contribution in [0.1, 0.15) is 38.6 Å². The van der Waals surface area contributed by atoms with E-state index >= 15 is 0 Å². The molecule has 0 spiro atoms. The van der Waals surface area contributed by atoms with Crippen LogP contribution in [0.4, 0.5) is 0 Å². The van der Waals surface area contributed by atoms with Crippen molar-refractivity contribution in [2.24, 2.45) is 0 Å². The minimum Gasteiger partial charge on any atom is -0.459 e. The molecular weight excluding hydrogens is 358 g/mol. The van der Waals surface area contributed by atoms with Crippen molar-refractivity contribution in [3.05, 3.63) is 50.7 Å². The van der Waals surface area contributed by atoms with Gasteiger partial charge in [0.15, 0.2) is 11.5 Å². The largest absolute Gasteiger partial charge is 0.459 e. The number of Topliss-reactive ketones (excluding diaryl/α,β-unsaturated/α-hetero) is 1. The number of esters is 1. The molecule has 130 valence electrons. The zero-order valence-corrected chi connectivity index (χ0v) is 15.5. The van der Waals surface area contributed by atoms with Gasteiger partial charge in [0.05, 0.1) is 11.3 Å². The first-order valence-electron chi connectivity index (χ1n) is 7.78. The lowest BCUT2D eigenvalue weighted by Crippen LogP contribution is -2.08. The number of rotatable bonds is 7. The van der Waals surface area contributed by atoms with Crippen molar-refractivity contribution in [2.75, 3.05) is 0 Å². The Kier molecular flexibility index (Phi) is 5.45. The van der Waals surface area contributed by atoms with Crippen molar-refractivity contribution in [1.29, 1.82) is 0 Å². The lowest BCUT2D eigenvalue weighted by atomic mass is 10.1. The van der Waals surface area contributed by atoms with Gasteiger partial charge >= 0.3 is 5.97 Å². The number of aromatic nitrogens is 1. The van der Waals surface area contributed by atoms with E-state index in [-0.39, 0.29) is 25.2 Å². The number of hydrogen-bond donors (Lipinski definition) is 0. The average molecular weight is 375 g/mol. The van der Waals surface area contributed by atoms with Crippen molar-refractivity contribution >= 4 is 34.4 Å². The first-order chi connectivity index (χ1) is 12.0. The molecule has 0 saturated carbocycles. The molecule has 0 bridgehead atoms. The zero-order chi connectivity index (χ0) is 17.8. The molecule has 0 N–H and O–H groups in total. The van der Waals surface area contributed by atoms with Crippen LogP contribution in [0.25, 0.3) is 10.6 Å². The summed E-state index contributed by atoms with van der Waals surface area (Å²) in [7, 11) is 0. The maximum atomic E-state index is 12.2. The highest BCUT2D eigenvalue weighted by atomic mass is 32.1. The van der Waals surface area contributed by atoms with E-state index in [1.54, 1.807) is 28.7 Å². The number of thiophene rings is 2. The highest BCUT2D eigenvalue weighted by Gasteiger charge is 2.15. The van der Waals surface area contributed by atoms with Crippen molar-refractivity contribution in [3.8, 4) is 10.6 Å². The molecule has 3 aromatic rings. The molecule has 3 heterocycles. The second-order valence-electron chi connectivity index (χ2n) is 5.57. The fourth-order valence-electron chi connectivity index (χ4n) is 2.40. The third kappa shape index (κ3) is 4.43. The summed E-state index contributed by atoms with van der Waals surface area (Å²) in [6.45, 7) is 3.92. The molecule has 3 rings (SSSR count). The van der Waals surface area contributed by atoms with Crippen LogP contribution >= 0.6 is 22.7 Å². The second kappa shape index (κ2) is 7.76. The van der Waals surface area contributed by atoms with Gasteiger partial charge in [-0.15, -0.1) is 22.7 Å². The predicted octanol–water partition coefficient (Wildman–Crippen LogP) is 4.79. The van der Waals surface area contributed by atoms with Gasteiger partial charge in [0.2, 0.25) is 0 Å². The van der Waals surface area contributed by atoms with Crippen LogP contribution in [0.3, 0.4) is 0 Å². The Morgan fingerprint density at radius 2 is 2.08 bits per heavy atom. The smallest absolute Gasteiger partial charge is 0.306 e. The van der Waals surface area contributed by atoms with Gasteiger partial charge < -0.3 is 9.26 Å². The highest BCUT2D eigenvalue weighted by Crippen LogP contribution is 2.25. The summed E-state index contributed by atoms with van der Waals surface area (Å²) in [5, 5.41) is 5.84. The van der Waals surface area contributed by atoms with Crippen LogP contribution in [-0.2, 0) is 16.1 Å². The number of ketones is 1. The zero-order valence-electron chi connectivity index (χ0n) is 13.9. The fourth-order valence-corrected chi connectivity index (χ4v) is 4.01. The molecule has 5 nitrogen and oxygen atoms in total. The van der Waals surface area contributed by atoms with Gasteiger partial charge in [-0.1, -0.05) is 11.2 Å². The topological polar surface area (TPSA) is 69.4 Å². The monoisotopic (exact) mass is 375 g/mol. The molecule has 0 aromatic carbocycles. The molecule has 0 radical (unpaired) electrons. The van der Waals surface area contributed by atoms with Crippen LogP contribution in [0.5, 0.6) is 0 Å². The van der Waals surface area contributed by atoms with Gasteiger partial charge in [-0.2, -0.15) is 0 Å². The van der Waals surface area contributed by atoms with E-state index in [9.17, 15) is 9.59 Å². The molecule has 0 fully saturated rings. The highest BCUT2D eigenvalue weighted by molar-refractivity contribution is 7.13. The van der Waals surface area contributed by atoms with E-state index in [0.717, 1.165) is 14.6 Å². The van der Waals surface area contributed by atoms with Crippen molar-refractivity contribution in [3.63, 3.8) is 0 Å². The third-order valence-corrected chi connectivity index (χ3v) is 5.45. The van der Waals surface area contributed by atoms with E-state index in [1.165, 1.54) is 0 Å². The quantitative estimate of drug-likeness (QED) is 0.439. The van der Waals surface area contributed by atoms with Gasteiger partial charge in [0.1, 0.15) is 12.3 Å². The third-order valence-electron chi connectivity index (χ3n) is 3.60. The SMILES string of the molecule is Cc1cc(C(=O)CCC(=O)OCc2cc(-c3cccs3)on2)c(C)s1. The average Bonchev–Trinajstić information content (AvgIpc) is 3.31. The van der Waals surface area contributed by atoms with E-state index in [2.05, 4.69) is 5.16 Å². The minimum absolute atomic E-state index is 0.0276. The summed E-state index contributed by atoms with van der Waals surface area (Å²) in [6.07, 6.45) is 0.206. The Morgan fingerprint density at radius 1 is 1.24 bits per heavy atom. The van der Waals surface area contributed by atoms with Crippen molar-refractivity contribution in [2.45, 2.75) is 33.3 Å². The number of nitrogens with zero attached hydrogens (tertiary/aromatic N) is 1. The summed E-state index contributed by atoms with van der Waals surface area (Å²) < 4.78 is 10.4. The van der Waals surface area contributed by atoms with E-state index in [4.69, 9.17) is 9.26 Å². The number of hydrogen-bond acceptors (Lipinski definition) is 7. The first-order valence-corrected chi connectivity index (χ1v) is 9.48. The standard InChI is InChI=1S/C18H17NO4S2/c1-11-8-14(12(2)25-11)15(20)5-6-18(21)22-10-13-9-16(23-19-13)17-4-3-7-24-17/h3-4,7-9H,5-6,10H2,1-2H3. The summed E-state index contributed by atoms with van der Waals surface area (Å²) in [4.78, 5) is 27.1. The first kappa shape index (κ1) is 17.6. The van der Waals surface area contributed by atoms with Crippen LogP contribution in [0, 0.1) is 13.8 Å². The molecule has 0 aliphatic carbocycles. The van der Waals surface area contributed by atoms with Gasteiger partial charge in [-0.25, -0.2) is 0 Å². The maximum absolute atomic E-state index is 12.2. The van der Waals surface area contributed by atoms with Crippen molar-refractivity contribution in [1.82, 2.24) is 5.16 Å². The Morgan fingerprint density at radius 3 is 2.76 bits per heavy atom. The fraction of sp³-hybridized carbons (Fsp3) is 0.278. The molecule has 0 amide bonds. The molecule has 3 aromatic heterocycles. The molecule has 0 aliphatic rings. The van der Waals surface area contributed by atoms with Gasteiger partial charge in [-0.3, -0.25) is 9.59 Å². The maximum Gasteiger partial charge on any atom is 0.306 e. The predicted molar refractivity (Wildman–Crippen MR) is 97.0 cm³/mol. The lowest BCUT2D eigenvalue weighted by molar-refractivity contribution is -0.145. The molecule has 0 atom stereocenters. The van der Waals surface area contributed by atoms with Crippen molar-refractivity contribution < 1.29 is 18.8 Å². The molecule has 0 aliphatic heterocycles. The lowest BCUT2D eigenvalue weighted by Gasteiger charge is -2.02. The molecular formula is C18H17NO4S2. The minimum atomic E-state index is -0.418. The van der Waals surface area contributed by atoms with E-state index in [0.29, 0.717) is 17.0 Å². The Bertz CT molecular complexity index is 877. The number of carbonyl (C=O) groups excluding carboxylic acids is 2. The number of carbonyl (C=O) groups is 2. The van der Waals surface area contributed by atoms with Gasteiger partial charge in [0, 0.05) is 27.8 Å². The van der Waals surface area contributed by atoms with Crippen LogP contribution in [-0.4, -0.2) is 16.9 Å². The van der Waals surface area contributed by atoms with Gasteiger partial charge in [0.25, 0.3) is 0 Å². The number of ether oxygens (including phenoxy) is 1. The van der Waals surface area contributed by atoms with E-state index in [1.807, 2.05) is 37.4 Å².